The maximum atomic E-state index is 10.1. The number of hydrogen-bond acceptors (Lipinski definition) is 4. The van der Waals surface area contributed by atoms with Gasteiger partial charge < -0.3 is 20.1 Å². The molecule has 0 aliphatic rings. The molecule has 0 heterocycles. The average Bonchev–Trinajstić information content (AvgIpc) is 2.20. The predicted molar refractivity (Wildman–Crippen MR) is 62.1 cm³/mol. The molecule has 0 unspecified atom stereocenters. The number of hydrogen-bond donors (Lipinski definition) is 2. The van der Waals surface area contributed by atoms with Gasteiger partial charge in [0.25, 0.3) is 0 Å². The summed E-state index contributed by atoms with van der Waals surface area (Å²) < 4.78 is 4.35. The van der Waals surface area contributed by atoms with Crippen molar-refractivity contribution < 1.29 is 19.4 Å². The van der Waals surface area contributed by atoms with E-state index in [0.29, 0.717) is 26.2 Å². The Hall–Kier alpha value is -1.01. The van der Waals surface area contributed by atoms with Gasteiger partial charge in [-0.25, -0.2) is 9.59 Å². The van der Waals surface area contributed by atoms with Gasteiger partial charge in [0.2, 0.25) is 0 Å². The van der Waals surface area contributed by atoms with Crippen LogP contribution in [0, 0.1) is 0 Å². The largest absolute Gasteiger partial charge is 0.465 e. The van der Waals surface area contributed by atoms with Crippen LogP contribution in [0.4, 0.5) is 9.59 Å². The second kappa shape index (κ2) is 12.1. The molecule has 0 rings (SSSR count). The molecule has 0 aliphatic carbocycles. The number of nitrogens with zero attached hydrogens (tertiary/aromatic N) is 1. The van der Waals surface area contributed by atoms with Gasteiger partial charge in [-0.05, 0) is 20.9 Å². The number of carbonyl (C=O) groups is 2. The zero-order chi connectivity index (χ0) is 13.0. The summed E-state index contributed by atoms with van der Waals surface area (Å²) in [4.78, 5) is 21.3. The van der Waals surface area contributed by atoms with E-state index < -0.39 is 11.5 Å². The lowest BCUT2D eigenvalue weighted by Crippen LogP contribution is -2.28. The zero-order valence-electron chi connectivity index (χ0n) is 9.83. The molecule has 0 aromatic rings. The van der Waals surface area contributed by atoms with Crippen LogP contribution in [0.25, 0.3) is 0 Å². The number of ether oxygens (including phenoxy) is 1. The van der Waals surface area contributed by atoms with Crippen LogP contribution in [0.15, 0.2) is 0 Å². The van der Waals surface area contributed by atoms with Crippen LogP contribution < -0.4 is 5.32 Å². The van der Waals surface area contributed by atoms with Crippen molar-refractivity contribution in [3.8, 4) is 0 Å². The van der Waals surface area contributed by atoms with Crippen LogP contribution in [0.3, 0.4) is 0 Å². The van der Waals surface area contributed by atoms with Crippen molar-refractivity contribution >= 4 is 23.1 Å². The number of carbonyl (C=O) groups excluding carboxylic acids is 1. The maximum absolute atomic E-state index is 10.1. The molecule has 0 saturated carbocycles. The smallest absolute Gasteiger partial charge is 0.407 e. The summed E-state index contributed by atoms with van der Waals surface area (Å²) in [6, 6.07) is 0. The molecule has 16 heavy (non-hydrogen) atoms. The van der Waals surface area contributed by atoms with Crippen molar-refractivity contribution in [1.29, 1.82) is 0 Å². The Balaban J connectivity index is 0. The third-order valence-corrected chi connectivity index (χ3v) is 1.71. The Morgan fingerprint density at radius 2 is 1.88 bits per heavy atom. The molecule has 96 valence electrons. The number of rotatable bonds is 5. The SMILES string of the molecule is CCN(CC)C(=O)O.CNCCOC(=O)Cl. The molecule has 6 nitrogen and oxygen atoms in total. The van der Waals surface area contributed by atoms with E-state index in [4.69, 9.17) is 16.7 Å². The van der Waals surface area contributed by atoms with E-state index in [-0.39, 0.29) is 0 Å². The fourth-order valence-corrected chi connectivity index (χ4v) is 0.805. The van der Waals surface area contributed by atoms with Crippen molar-refractivity contribution in [3.05, 3.63) is 0 Å². The standard InChI is InChI=1S/C5H11NO2.C4H8ClNO2/c1-3-6(4-2)5(7)8;1-6-2-3-8-4(5)7/h3-4H2,1-2H3,(H,7,8);6H,2-3H2,1H3. The highest BCUT2D eigenvalue weighted by atomic mass is 35.5. The van der Waals surface area contributed by atoms with Gasteiger partial charge in [-0.2, -0.15) is 0 Å². The van der Waals surface area contributed by atoms with E-state index in [1.807, 2.05) is 13.8 Å². The lowest BCUT2D eigenvalue weighted by molar-refractivity contribution is 0.150. The number of amides is 1. The first-order chi connectivity index (χ1) is 7.49. The molecule has 0 spiro atoms. The summed E-state index contributed by atoms with van der Waals surface area (Å²) in [5, 5.41) is 11.1. The minimum Gasteiger partial charge on any atom is -0.465 e. The van der Waals surface area contributed by atoms with Crippen LogP contribution in [-0.4, -0.2) is 54.8 Å². The topological polar surface area (TPSA) is 78.9 Å². The molecule has 0 aromatic carbocycles. The minimum atomic E-state index is -0.838. The molecule has 0 aliphatic heterocycles. The highest BCUT2D eigenvalue weighted by Crippen LogP contribution is 1.85. The number of nitrogens with one attached hydrogen (secondary N) is 1. The van der Waals surface area contributed by atoms with Crippen molar-refractivity contribution in [2.45, 2.75) is 13.8 Å². The summed E-state index contributed by atoms with van der Waals surface area (Å²) in [7, 11) is 1.77. The molecule has 0 radical (unpaired) electrons. The monoisotopic (exact) mass is 254 g/mol. The first kappa shape index (κ1) is 17.4. The van der Waals surface area contributed by atoms with Crippen LogP contribution in [0.1, 0.15) is 13.8 Å². The van der Waals surface area contributed by atoms with E-state index >= 15 is 0 Å². The summed E-state index contributed by atoms with van der Waals surface area (Å²) in [5.74, 6) is 0. The number of likely N-dealkylation sites (N-methyl/N-ethyl adjacent to an activating group) is 1. The number of carboxylic acid groups (broad SMARTS) is 1. The fraction of sp³-hybridized carbons (Fsp3) is 0.778. The van der Waals surface area contributed by atoms with Gasteiger partial charge in [0.15, 0.2) is 0 Å². The second-order valence-electron chi connectivity index (χ2n) is 2.64. The second-order valence-corrected chi connectivity index (χ2v) is 2.95. The predicted octanol–water partition coefficient (Wildman–Crippen LogP) is 1.59. The molecule has 0 saturated heterocycles. The van der Waals surface area contributed by atoms with E-state index in [1.54, 1.807) is 7.05 Å². The van der Waals surface area contributed by atoms with Gasteiger partial charge in [0.05, 0.1) is 0 Å². The fourth-order valence-electron chi connectivity index (χ4n) is 0.727. The Kier molecular flexibility index (Phi) is 13.1. The summed E-state index contributed by atoms with van der Waals surface area (Å²) in [6.07, 6.45) is -0.838. The van der Waals surface area contributed by atoms with Gasteiger partial charge in [-0.1, -0.05) is 0 Å². The molecule has 0 fully saturated rings. The van der Waals surface area contributed by atoms with Crippen LogP contribution in [-0.2, 0) is 4.74 Å². The van der Waals surface area contributed by atoms with Crippen molar-refractivity contribution in [2.75, 3.05) is 33.3 Å². The van der Waals surface area contributed by atoms with Gasteiger partial charge in [0, 0.05) is 31.2 Å². The van der Waals surface area contributed by atoms with Gasteiger partial charge in [-0.3, -0.25) is 0 Å². The van der Waals surface area contributed by atoms with E-state index in [0.717, 1.165) is 0 Å². The summed E-state index contributed by atoms with van der Waals surface area (Å²) >= 11 is 4.82. The van der Waals surface area contributed by atoms with Crippen LogP contribution in [0.5, 0.6) is 0 Å². The molecule has 2 N–H and O–H groups in total. The minimum absolute atomic E-state index is 0.332. The molecular formula is C9H19ClN2O4. The molecule has 1 amide bonds. The highest BCUT2D eigenvalue weighted by Gasteiger charge is 2.02. The third kappa shape index (κ3) is 13.0. The lowest BCUT2D eigenvalue weighted by Gasteiger charge is -2.12. The Labute approximate surface area is 101 Å². The zero-order valence-corrected chi connectivity index (χ0v) is 10.6. The molecule has 7 heteroatoms. The van der Waals surface area contributed by atoms with E-state index in [2.05, 4.69) is 10.1 Å². The Morgan fingerprint density at radius 3 is 2.06 bits per heavy atom. The molecular weight excluding hydrogens is 236 g/mol. The van der Waals surface area contributed by atoms with Crippen molar-refractivity contribution in [3.63, 3.8) is 0 Å². The highest BCUT2D eigenvalue weighted by molar-refractivity contribution is 6.61. The van der Waals surface area contributed by atoms with E-state index in [9.17, 15) is 9.59 Å². The quantitative estimate of drug-likeness (QED) is 0.575. The van der Waals surface area contributed by atoms with Gasteiger partial charge in [0.1, 0.15) is 6.61 Å². The van der Waals surface area contributed by atoms with E-state index in [1.165, 1.54) is 4.90 Å². The normalized spacial score (nSPS) is 8.75. The maximum Gasteiger partial charge on any atom is 0.407 e. The lowest BCUT2D eigenvalue weighted by atomic mass is 10.6. The molecule has 0 aromatic heterocycles. The van der Waals surface area contributed by atoms with Gasteiger partial charge >= 0.3 is 11.5 Å². The van der Waals surface area contributed by atoms with Crippen LogP contribution in [0.2, 0.25) is 0 Å². The molecule has 0 bridgehead atoms. The average molecular weight is 255 g/mol. The summed E-state index contributed by atoms with van der Waals surface area (Å²) in [5.41, 5.74) is -0.750. The Morgan fingerprint density at radius 1 is 1.38 bits per heavy atom. The van der Waals surface area contributed by atoms with Crippen molar-refractivity contribution in [2.24, 2.45) is 0 Å². The van der Waals surface area contributed by atoms with Gasteiger partial charge in [-0.15, -0.1) is 0 Å². The Bertz CT molecular complexity index is 198. The summed E-state index contributed by atoms with van der Waals surface area (Å²) in [6.45, 7) is 5.75. The third-order valence-electron chi connectivity index (χ3n) is 1.60. The van der Waals surface area contributed by atoms with Crippen molar-refractivity contribution in [1.82, 2.24) is 10.2 Å². The van der Waals surface area contributed by atoms with Crippen LogP contribution >= 0.6 is 11.6 Å². The first-order valence-electron chi connectivity index (χ1n) is 4.94. The molecule has 0 atom stereocenters. The first-order valence-corrected chi connectivity index (χ1v) is 5.32. The number of halogens is 1.